The second-order valence-electron chi connectivity index (χ2n) is 3.70. The molecule has 0 bridgehead atoms. The van der Waals surface area contributed by atoms with E-state index < -0.39 is 6.03 Å². The smallest absolute Gasteiger partial charge is 0.328 e. The van der Waals surface area contributed by atoms with Crippen LogP contribution in [0.3, 0.4) is 0 Å². The highest BCUT2D eigenvalue weighted by Gasteiger charge is 2.25. The van der Waals surface area contributed by atoms with Gasteiger partial charge in [0.1, 0.15) is 0 Å². The number of nitrogens with one attached hydrogen (secondary N) is 1. The van der Waals surface area contributed by atoms with E-state index in [4.69, 9.17) is 16.7 Å². The average Bonchev–Trinajstić information content (AvgIpc) is 2.30. The van der Waals surface area contributed by atoms with Gasteiger partial charge in [-0.1, -0.05) is 17.7 Å². The molecule has 0 aliphatic carbocycles. The van der Waals surface area contributed by atoms with Gasteiger partial charge in [-0.2, -0.15) is 0 Å². The minimum Gasteiger partial charge on any atom is -0.392 e. The summed E-state index contributed by atoms with van der Waals surface area (Å²) in [5.74, 6) is -0.291. The Morgan fingerprint density at radius 2 is 2.18 bits per heavy atom. The van der Waals surface area contributed by atoms with Crippen LogP contribution in [-0.2, 0) is 11.4 Å². The molecule has 6 heteroatoms. The number of nitrogens with zero attached hydrogens (tertiary/aromatic N) is 1. The highest BCUT2D eigenvalue weighted by molar-refractivity contribution is 6.34. The normalized spacial score (nSPS) is 16.0. The maximum absolute atomic E-state index is 11.6. The maximum atomic E-state index is 11.6. The van der Waals surface area contributed by atoms with E-state index >= 15 is 0 Å². The molecule has 1 heterocycles. The van der Waals surface area contributed by atoms with Gasteiger partial charge in [-0.3, -0.25) is 15.0 Å². The lowest BCUT2D eigenvalue weighted by Crippen LogP contribution is -2.49. The summed E-state index contributed by atoms with van der Waals surface area (Å²) in [5.41, 5.74) is 1.16. The summed E-state index contributed by atoms with van der Waals surface area (Å²) in [4.78, 5) is 24.0. The highest BCUT2D eigenvalue weighted by Crippen LogP contribution is 2.28. The van der Waals surface area contributed by atoms with Crippen molar-refractivity contribution in [1.29, 1.82) is 0 Å². The summed E-state index contributed by atoms with van der Waals surface area (Å²) in [6, 6.07) is 4.45. The van der Waals surface area contributed by atoms with E-state index in [1.807, 2.05) is 0 Å². The van der Waals surface area contributed by atoms with Gasteiger partial charge in [-0.25, -0.2) is 4.79 Å². The predicted octanol–water partition coefficient (Wildman–Crippen LogP) is 1.28. The molecule has 1 saturated heterocycles. The fourth-order valence-electron chi connectivity index (χ4n) is 1.66. The molecule has 1 aromatic rings. The minimum atomic E-state index is -0.488. The van der Waals surface area contributed by atoms with Crippen LogP contribution >= 0.6 is 11.6 Å². The van der Waals surface area contributed by atoms with Crippen LogP contribution < -0.4 is 10.2 Å². The molecule has 90 valence electrons. The van der Waals surface area contributed by atoms with Gasteiger partial charge in [-0.15, -0.1) is 0 Å². The quantitative estimate of drug-likeness (QED) is 0.835. The molecule has 0 saturated carbocycles. The molecule has 1 aromatic carbocycles. The lowest BCUT2D eigenvalue weighted by molar-refractivity contribution is -0.120. The first-order chi connectivity index (χ1) is 8.11. The molecule has 5 nitrogen and oxygen atoms in total. The van der Waals surface area contributed by atoms with Crippen molar-refractivity contribution in [2.24, 2.45) is 0 Å². The number of imide groups is 1. The molecule has 0 radical (unpaired) electrons. The summed E-state index contributed by atoms with van der Waals surface area (Å²) >= 11 is 6.00. The number of anilines is 1. The minimum absolute atomic E-state index is 0.126. The molecular formula is C11H11ClN2O3. The Balaban J connectivity index is 2.33. The van der Waals surface area contributed by atoms with Crippen LogP contribution in [0, 0.1) is 0 Å². The number of rotatable bonds is 2. The molecule has 1 aliphatic rings. The van der Waals surface area contributed by atoms with E-state index in [1.165, 1.54) is 4.90 Å². The lowest BCUT2D eigenvalue weighted by atomic mass is 10.2. The first-order valence-corrected chi connectivity index (χ1v) is 5.50. The zero-order chi connectivity index (χ0) is 12.4. The van der Waals surface area contributed by atoms with Gasteiger partial charge < -0.3 is 5.11 Å². The summed E-state index contributed by atoms with van der Waals surface area (Å²) in [6.07, 6.45) is 0.241. The van der Waals surface area contributed by atoms with Crippen molar-refractivity contribution >= 4 is 29.2 Å². The van der Waals surface area contributed by atoms with Crippen molar-refractivity contribution in [3.05, 3.63) is 28.8 Å². The average molecular weight is 255 g/mol. The number of hydrogen-bond acceptors (Lipinski definition) is 3. The Kier molecular flexibility index (Phi) is 3.31. The number of halogens is 1. The van der Waals surface area contributed by atoms with E-state index in [-0.39, 0.29) is 18.9 Å². The van der Waals surface area contributed by atoms with Crippen molar-refractivity contribution in [2.45, 2.75) is 13.0 Å². The Morgan fingerprint density at radius 3 is 2.82 bits per heavy atom. The van der Waals surface area contributed by atoms with Crippen molar-refractivity contribution in [3.63, 3.8) is 0 Å². The second-order valence-corrected chi connectivity index (χ2v) is 4.11. The van der Waals surface area contributed by atoms with Crippen molar-refractivity contribution in [1.82, 2.24) is 5.32 Å². The molecule has 17 heavy (non-hydrogen) atoms. The summed E-state index contributed by atoms with van der Waals surface area (Å²) < 4.78 is 0. The predicted molar refractivity (Wildman–Crippen MR) is 62.9 cm³/mol. The van der Waals surface area contributed by atoms with E-state index in [0.29, 0.717) is 22.8 Å². The number of carbonyl (C=O) groups excluding carboxylic acids is 2. The van der Waals surface area contributed by atoms with Crippen LogP contribution in [0.4, 0.5) is 10.5 Å². The van der Waals surface area contributed by atoms with Crippen LogP contribution in [-0.4, -0.2) is 23.6 Å². The van der Waals surface area contributed by atoms with Crippen molar-refractivity contribution in [3.8, 4) is 0 Å². The molecule has 1 fully saturated rings. The Morgan fingerprint density at radius 1 is 1.41 bits per heavy atom. The maximum Gasteiger partial charge on any atom is 0.328 e. The molecule has 0 atom stereocenters. The Bertz CT molecular complexity index is 476. The largest absolute Gasteiger partial charge is 0.392 e. The number of carbonyl (C=O) groups is 2. The SMILES string of the molecule is O=C1CCN(c2cc(CO)ccc2Cl)C(=O)N1. The third-order valence-electron chi connectivity index (χ3n) is 2.54. The molecule has 0 spiro atoms. The van der Waals surface area contributed by atoms with E-state index in [0.717, 1.165) is 0 Å². The highest BCUT2D eigenvalue weighted by atomic mass is 35.5. The third kappa shape index (κ3) is 2.40. The molecule has 0 unspecified atom stereocenters. The van der Waals surface area contributed by atoms with Crippen LogP contribution in [0.25, 0.3) is 0 Å². The van der Waals surface area contributed by atoms with Gasteiger partial charge in [0, 0.05) is 13.0 Å². The van der Waals surface area contributed by atoms with Gasteiger partial charge in [0.05, 0.1) is 17.3 Å². The number of urea groups is 1. The topological polar surface area (TPSA) is 69.6 Å². The van der Waals surface area contributed by atoms with Gasteiger partial charge in [0.25, 0.3) is 0 Å². The van der Waals surface area contributed by atoms with Crippen LogP contribution in [0.1, 0.15) is 12.0 Å². The fourth-order valence-corrected chi connectivity index (χ4v) is 1.88. The van der Waals surface area contributed by atoms with Crippen LogP contribution in [0.15, 0.2) is 18.2 Å². The van der Waals surface area contributed by atoms with Crippen LogP contribution in [0.2, 0.25) is 5.02 Å². The number of aliphatic hydroxyl groups is 1. The Labute approximate surface area is 103 Å². The first-order valence-electron chi connectivity index (χ1n) is 5.12. The number of amides is 3. The Hall–Kier alpha value is -1.59. The standard InChI is InChI=1S/C11H11ClN2O3/c12-8-2-1-7(6-15)5-9(8)14-4-3-10(16)13-11(14)17/h1-2,5,15H,3-4,6H2,(H,13,16,17). The van der Waals surface area contributed by atoms with Crippen molar-refractivity contribution < 1.29 is 14.7 Å². The van der Waals surface area contributed by atoms with Gasteiger partial charge in [-0.05, 0) is 17.7 Å². The van der Waals surface area contributed by atoms with Gasteiger partial charge in [0.15, 0.2) is 0 Å². The number of hydrogen-bond donors (Lipinski definition) is 2. The zero-order valence-electron chi connectivity index (χ0n) is 8.94. The first kappa shape index (κ1) is 11.9. The van der Waals surface area contributed by atoms with Gasteiger partial charge in [0.2, 0.25) is 5.91 Å². The number of aliphatic hydroxyl groups excluding tert-OH is 1. The summed E-state index contributed by atoms with van der Waals surface area (Å²) in [6.45, 7) is 0.165. The van der Waals surface area contributed by atoms with Crippen molar-refractivity contribution in [2.75, 3.05) is 11.4 Å². The second kappa shape index (κ2) is 4.73. The molecule has 1 aliphatic heterocycles. The summed E-state index contributed by atoms with van der Waals surface area (Å²) in [7, 11) is 0. The molecule has 2 N–H and O–H groups in total. The molecule has 0 aromatic heterocycles. The molecular weight excluding hydrogens is 244 g/mol. The van der Waals surface area contributed by atoms with E-state index in [1.54, 1.807) is 18.2 Å². The third-order valence-corrected chi connectivity index (χ3v) is 2.86. The van der Waals surface area contributed by atoms with E-state index in [9.17, 15) is 9.59 Å². The molecule has 2 rings (SSSR count). The monoisotopic (exact) mass is 254 g/mol. The van der Waals surface area contributed by atoms with E-state index in [2.05, 4.69) is 5.32 Å². The molecule has 3 amide bonds. The van der Waals surface area contributed by atoms with Crippen LogP contribution in [0.5, 0.6) is 0 Å². The fraction of sp³-hybridized carbons (Fsp3) is 0.273. The van der Waals surface area contributed by atoms with Gasteiger partial charge >= 0.3 is 6.03 Å². The number of benzene rings is 1. The lowest BCUT2D eigenvalue weighted by Gasteiger charge is -2.27. The summed E-state index contributed by atoms with van der Waals surface area (Å²) in [5, 5.41) is 11.7. The zero-order valence-corrected chi connectivity index (χ0v) is 9.70.